The van der Waals surface area contributed by atoms with E-state index in [1.54, 1.807) is 0 Å². The summed E-state index contributed by atoms with van der Waals surface area (Å²) in [6.45, 7) is 6.52. The predicted molar refractivity (Wildman–Crippen MR) is 247 cm³/mol. The SMILES string of the molecule is CC/C=C\C/C=C\C/C=C\CCCCCCCC(=O)O[C@@H](COC(=O)CCCCCCCCCCCCCC)COC(=O)CCCCCCCCCCCCCCC. The van der Waals surface area contributed by atoms with Crippen LogP contribution in [0.1, 0.15) is 258 Å². The Hall–Kier alpha value is -2.37. The molecule has 0 unspecified atom stereocenters. The second-order valence-corrected chi connectivity index (χ2v) is 16.7. The first kappa shape index (κ1) is 55.6. The Morgan fingerprint density at radius 1 is 0.362 bits per heavy atom. The van der Waals surface area contributed by atoms with Crippen LogP contribution in [-0.4, -0.2) is 37.2 Å². The van der Waals surface area contributed by atoms with Crippen LogP contribution in [-0.2, 0) is 28.6 Å². The lowest BCUT2D eigenvalue weighted by Crippen LogP contribution is -2.30. The smallest absolute Gasteiger partial charge is 0.306 e. The van der Waals surface area contributed by atoms with Gasteiger partial charge in [-0.1, -0.05) is 224 Å². The largest absolute Gasteiger partial charge is 0.462 e. The van der Waals surface area contributed by atoms with E-state index in [1.165, 1.54) is 122 Å². The predicted octanol–water partition coefficient (Wildman–Crippen LogP) is 16.1. The third kappa shape index (κ3) is 44.7. The zero-order valence-electron chi connectivity index (χ0n) is 38.6. The van der Waals surface area contributed by atoms with Gasteiger partial charge in [-0.05, 0) is 51.4 Å². The van der Waals surface area contributed by atoms with Crippen LogP contribution in [0.4, 0.5) is 0 Å². The molecule has 6 heteroatoms. The van der Waals surface area contributed by atoms with Gasteiger partial charge in [-0.2, -0.15) is 0 Å². The van der Waals surface area contributed by atoms with Gasteiger partial charge in [0.15, 0.2) is 6.10 Å². The number of hydrogen-bond acceptors (Lipinski definition) is 6. The summed E-state index contributed by atoms with van der Waals surface area (Å²) in [6, 6.07) is 0. The van der Waals surface area contributed by atoms with Crippen LogP contribution in [0.15, 0.2) is 36.5 Å². The first-order chi connectivity index (χ1) is 28.5. The molecular weight excluding hydrogens is 721 g/mol. The maximum Gasteiger partial charge on any atom is 0.306 e. The number of carbonyl (C=O) groups excluding carboxylic acids is 3. The molecule has 0 rings (SSSR count). The van der Waals surface area contributed by atoms with Crippen molar-refractivity contribution in [3.63, 3.8) is 0 Å². The Bertz CT molecular complexity index is 984. The summed E-state index contributed by atoms with van der Waals surface area (Å²) < 4.78 is 16.8. The number of rotatable bonds is 45. The van der Waals surface area contributed by atoms with E-state index < -0.39 is 6.10 Å². The summed E-state index contributed by atoms with van der Waals surface area (Å²) in [7, 11) is 0. The van der Waals surface area contributed by atoms with Gasteiger partial charge in [0.1, 0.15) is 13.2 Å². The molecule has 0 aliphatic rings. The van der Waals surface area contributed by atoms with Crippen molar-refractivity contribution in [2.45, 2.75) is 264 Å². The van der Waals surface area contributed by atoms with Crippen LogP contribution in [0.25, 0.3) is 0 Å². The fourth-order valence-corrected chi connectivity index (χ4v) is 7.16. The van der Waals surface area contributed by atoms with E-state index in [-0.39, 0.29) is 31.1 Å². The molecule has 0 saturated heterocycles. The molecule has 0 radical (unpaired) electrons. The van der Waals surface area contributed by atoms with Gasteiger partial charge >= 0.3 is 17.9 Å². The number of ether oxygens (including phenoxy) is 3. The van der Waals surface area contributed by atoms with Gasteiger partial charge in [-0.25, -0.2) is 0 Å². The Kier molecular flexibility index (Phi) is 45.4. The van der Waals surface area contributed by atoms with Gasteiger partial charge in [-0.15, -0.1) is 0 Å². The quantitative estimate of drug-likeness (QED) is 0.0264. The number of carbonyl (C=O) groups is 3. The standard InChI is InChI=1S/C52H94O6/c1-4-7-10-13-16-19-22-25-26-28-31-34-37-40-43-46-52(55)58-49(47-56-50(53)44-41-38-35-32-29-24-21-18-15-12-9-6-3)48-57-51(54)45-42-39-36-33-30-27-23-20-17-14-11-8-5-2/h7,10,16,19,25-26,49H,4-6,8-9,11-15,17-18,20-24,27-48H2,1-3H3/b10-7-,19-16-,26-25-/t49-/m0/s1. The normalized spacial score (nSPS) is 12.3. The van der Waals surface area contributed by atoms with Crippen LogP contribution in [0.5, 0.6) is 0 Å². The molecular formula is C52H94O6. The molecule has 338 valence electrons. The molecule has 6 nitrogen and oxygen atoms in total. The summed E-state index contributed by atoms with van der Waals surface area (Å²) in [5.41, 5.74) is 0. The van der Waals surface area contributed by atoms with Gasteiger partial charge in [0, 0.05) is 19.3 Å². The zero-order valence-corrected chi connectivity index (χ0v) is 38.6. The fraction of sp³-hybridized carbons (Fsp3) is 0.827. The molecule has 0 bridgehead atoms. The summed E-state index contributed by atoms with van der Waals surface area (Å²) in [6.07, 6.45) is 54.1. The molecule has 0 aliphatic heterocycles. The highest BCUT2D eigenvalue weighted by atomic mass is 16.6. The minimum Gasteiger partial charge on any atom is -0.462 e. The van der Waals surface area contributed by atoms with Gasteiger partial charge in [0.05, 0.1) is 0 Å². The first-order valence-corrected chi connectivity index (χ1v) is 25.0. The van der Waals surface area contributed by atoms with Crippen molar-refractivity contribution >= 4 is 17.9 Å². The maximum absolute atomic E-state index is 12.8. The molecule has 0 amide bonds. The van der Waals surface area contributed by atoms with E-state index in [1.807, 2.05) is 0 Å². The van der Waals surface area contributed by atoms with Crippen LogP contribution < -0.4 is 0 Å². The molecule has 0 aromatic heterocycles. The van der Waals surface area contributed by atoms with Gasteiger partial charge in [-0.3, -0.25) is 14.4 Å². The average molecular weight is 815 g/mol. The van der Waals surface area contributed by atoms with Gasteiger partial charge < -0.3 is 14.2 Å². The number of esters is 3. The molecule has 0 heterocycles. The Morgan fingerprint density at radius 3 is 1.05 bits per heavy atom. The molecule has 0 N–H and O–H groups in total. The van der Waals surface area contributed by atoms with E-state index in [0.717, 1.165) is 96.3 Å². The topological polar surface area (TPSA) is 78.9 Å². The van der Waals surface area contributed by atoms with Crippen LogP contribution in [0.2, 0.25) is 0 Å². The molecule has 0 fully saturated rings. The minimum atomic E-state index is -0.775. The first-order valence-electron chi connectivity index (χ1n) is 25.0. The molecule has 0 aromatic carbocycles. The van der Waals surface area contributed by atoms with Crippen molar-refractivity contribution in [1.29, 1.82) is 0 Å². The second-order valence-electron chi connectivity index (χ2n) is 16.7. The lowest BCUT2D eigenvalue weighted by atomic mass is 10.0. The Labute approximate surface area is 359 Å². The highest BCUT2D eigenvalue weighted by molar-refractivity contribution is 5.71. The number of unbranched alkanes of at least 4 members (excludes halogenated alkanes) is 28. The van der Waals surface area contributed by atoms with Crippen molar-refractivity contribution in [3.8, 4) is 0 Å². The van der Waals surface area contributed by atoms with Crippen molar-refractivity contribution in [1.82, 2.24) is 0 Å². The van der Waals surface area contributed by atoms with E-state index in [9.17, 15) is 14.4 Å². The van der Waals surface area contributed by atoms with Crippen molar-refractivity contribution in [2.75, 3.05) is 13.2 Å². The zero-order chi connectivity index (χ0) is 42.3. The lowest BCUT2D eigenvalue weighted by Gasteiger charge is -2.18. The summed E-state index contributed by atoms with van der Waals surface area (Å²) >= 11 is 0. The summed E-state index contributed by atoms with van der Waals surface area (Å²) in [5, 5.41) is 0. The van der Waals surface area contributed by atoms with Crippen LogP contribution >= 0.6 is 0 Å². The lowest BCUT2D eigenvalue weighted by molar-refractivity contribution is -0.167. The fourth-order valence-electron chi connectivity index (χ4n) is 7.16. The van der Waals surface area contributed by atoms with Crippen molar-refractivity contribution in [2.24, 2.45) is 0 Å². The van der Waals surface area contributed by atoms with Crippen molar-refractivity contribution < 1.29 is 28.6 Å². The maximum atomic E-state index is 12.8. The van der Waals surface area contributed by atoms with E-state index >= 15 is 0 Å². The molecule has 0 saturated carbocycles. The molecule has 1 atom stereocenters. The van der Waals surface area contributed by atoms with E-state index in [2.05, 4.69) is 57.2 Å². The highest BCUT2D eigenvalue weighted by Crippen LogP contribution is 2.15. The van der Waals surface area contributed by atoms with Crippen molar-refractivity contribution in [3.05, 3.63) is 36.5 Å². The third-order valence-corrected chi connectivity index (χ3v) is 10.9. The summed E-state index contributed by atoms with van der Waals surface area (Å²) in [5.74, 6) is -0.883. The Balaban J connectivity index is 4.38. The monoisotopic (exact) mass is 815 g/mol. The summed E-state index contributed by atoms with van der Waals surface area (Å²) in [4.78, 5) is 37.9. The second kappa shape index (κ2) is 47.3. The third-order valence-electron chi connectivity index (χ3n) is 10.9. The van der Waals surface area contributed by atoms with E-state index in [4.69, 9.17) is 14.2 Å². The molecule has 0 aliphatic carbocycles. The molecule has 0 aromatic rings. The van der Waals surface area contributed by atoms with Crippen LogP contribution in [0, 0.1) is 0 Å². The van der Waals surface area contributed by atoms with Gasteiger partial charge in [0.2, 0.25) is 0 Å². The minimum absolute atomic E-state index is 0.0753. The number of hydrogen-bond donors (Lipinski definition) is 0. The Morgan fingerprint density at radius 2 is 0.672 bits per heavy atom. The van der Waals surface area contributed by atoms with Gasteiger partial charge in [0.25, 0.3) is 0 Å². The average Bonchev–Trinajstić information content (AvgIpc) is 3.22. The number of allylic oxidation sites excluding steroid dienone is 6. The molecule has 58 heavy (non-hydrogen) atoms. The van der Waals surface area contributed by atoms with E-state index in [0.29, 0.717) is 19.3 Å². The molecule has 0 spiro atoms. The highest BCUT2D eigenvalue weighted by Gasteiger charge is 2.19. The van der Waals surface area contributed by atoms with Crippen LogP contribution in [0.3, 0.4) is 0 Å².